The summed E-state index contributed by atoms with van der Waals surface area (Å²) in [5, 5.41) is 8.78. The quantitative estimate of drug-likeness (QED) is 0.819. The Labute approximate surface area is 118 Å². The highest BCUT2D eigenvalue weighted by Crippen LogP contribution is 2.14. The van der Waals surface area contributed by atoms with Crippen LogP contribution >= 0.6 is 0 Å². The van der Waals surface area contributed by atoms with Crippen molar-refractivity contribution in [1.82, 2.24) is 4.72 Å². The van der Waals surface area contributed by atoms with Crippen molar-refractivity contribution in [2.24, 2.45) is 5.92 Å². The highest BCUT2D eigenvalue weighted by Gasteiger charge is 2.29. The molecule has 0 aliphatic carbocycles. The van der Waals surface area contributed by atoms with Crippen LogP contribution in [0.15, 0.2) is 29.2 Å². The Kier molecular flexibility index (Phi) is 5.25. The topological polar surface area (TPSA) is 96.3 Å². The van der Waals surface area contributed by atoms with E-state index < -0.39 is 22.0 Å². The highest BCUT2D eigenvalue weighted by atomic mass is 32.2. The zero-order chi connectivity index (χ0) is 15.3. The Hall–Kier alpha value is -1.91. The van der Waals surface area contributed by atoms with Gasteiger partial charge in [-0.25, -0.2) is 8.42 Å². The molecule has 7 heteroatoms. The molecular formula is C13H16N2O4S. The number of methoxy groups -OCH3 is 1. The first-order valence-corrected chi connectivity index (χ1v) is 7.40. The number of esters is 1. The number of sulfonamides is 1. The maximum absolute atomic E-state index is 12.2. The van der Waals surface area contributed by atoms with Crippen LogP contribution in [0.5, 0.6) is 0 Å². The van der Waals surface area contributed by atoms with Gasteiger partial charge in [0.1, 0.15) is 6.04 Å². The van der Waals surface area contributed by atoms with Gasteiger partial charge in [0.25, 0.3) is 0 Å². The summed E-state index contributed by atoms with van der Waals surface area (Å²) >= 11 is 0. The zero-order valence-electron chi connectivity index (χ0n) is 11.5. The van der Waals surface area contributed by atoms with Crippen LogP contribution in [0.1, 0.15) is 19.4 Å². The van der Waals surface area contributed by atoms with Gasteiger partial charge >= 0.3 is 5.97 Å². The molecule has 0 spiro atoms. The largest absolute Gasteiger partial charge is 0.468 e. The van der Waals surface area contributed by atoms with E-state index in [0.29, 0.717) is 0 Å². The Bertz CT molecular complexity index is 632. The summed E-state index contributed by atoms with van der Waals surface area (Å²) in [5.74, 6) is -0.920. The molecule has 1 unspecified atom stereocenters. The fourth-order valence-corrected chi connectivity index (χ4v) is 2.93. The van der Waals surface area contributed by atoms with Gasteiger partial charge in [0.05, 0.1) is 23.6 Å². The minimum absolute atomic E-state index is 0.0638. The average molecular weight is 296 g/mol. The zero-order valence-corrected chi connectivity index (χ0v) is 12.3. The van der Waals surface area contributed by atoms with E-state index in [9.17, 15) is 13.2 Å². The van der Waals surface area contributed by atoms with Crippen molar-refractivity contribution in [3.8, 4) is 6.07 Å². The Morgan fingerprint density at radius 1 is 1.40 bits per heavy atom. The van der Waals surface area contributed by atoms with Crippen LogP contribution in [-0.4, -0.2) is 27.5 Å². The van der Waals surface area contributed by atoms with Crippen molar-refractivity contribution < 1.29 is 17.9 Å². The van der Waals surface area contributed by atoms with Gasteiger partial charge < -0.3 is 4.74 Å². The minimum atomic E-state index is -3.89. The number of benzene rings is 1. The van der Waals surface area contributed by atoms with E-state index in [4.69, 9.17) is 5.26 Å². The summed E-state index contributed by atoms with van der Waals surface area (Å²) in [6.07, 6.45) is 0. The van der Waals surface area contributed by atoms with Crippen LogP contribution in [-0.2, 0) is 19.6 Å². The molecule has 0 aliphatic rings. The normalized spacial score (nSPS) is 12.8. The molecule has 0 heterocycles. The molecule has 0 saturated heterocycles. The van der Waals surface area contributed by atoms with Crippen molar-refractivity contribution in [2.45, 2.75) is 24.8 Å². The molecule has 1 N–H and O–H groups in total. The molecule has 1 aromatic carbocycles. The second-order valence-corrected chi connectivity index (χ2v) is 6.22. The van der Waals surface area contributed by atoms with E-state index in [1.165, 1.54) is 31.4 Å². The molecule has 0 aromatic heterocycles. The molecule has 0 saturated carbocycles. The number of hydrogen-bond acceptors (Lipinski definition) is 5. The predicted octanol–water partition coefficient (Wildman–Crippen LogP) is 1.03. The fraction of sp³-hybridized carbons (Fsp3) is 0.385. The fourth-order valence-electron chi connectivity index (χ4n) is 1.55. The van der Waals surface area contributed by atoms with Gasteiger partial charge in [-0.15, -0.1) is 0 Å². The SMILES string of the molecule is COC(=O)C(NS(=O)(=O)c1cccc(C#N)c1)C(C)C. The minimum Gasteiger partial charge on any atom is -0.468 e. The Morgan fingerprint density at radius 2 is 2.05 bits per heavy atom. The van der Waals surface area contributed by atoms with Crippen LogP contribution in [0.2, 0.25) is 0 Å². The number of nitrogens with one attached hydrogen (secondary N) is 1. The van der Waals surface area contributed by atoms with Gasteiger partial charge in [0.15, 0.2) is 0 Å². The summed E-state index contributed by atoms with van der Waals surface area (Å²) in [6, 6.07) is 6.46. The Balaban J connectivity index is 3.10. The molecule has 0 bridgehead atoms. The number of hydrogen-bond donors (Lipinski definition) is 1. The van der Waals surface area contributed by atoms with Crippen LogP contribution in [0.3, 0.4) is 0 Å². The van der Waals surface area contributed by atoms with Gasteiger partial charge in [-0.05, 0) is 24.1 Å². The number of ether oxygens (including phenoxy) is 1. The van der Waals surface area contributed by atoms with Crippen molar-refractivity contribution in [3.63, 3.8) is 0 Å². The lowest BCUT2D eigenvalue weighted by atomic mass is 10.1. The second kappa shape index (κ2) is 6.50. The summed E-state index contributed by atoms with van der Waals surface area (Å²) in [7, 11) is -2.70. The molecule has 0 aliphatic heterocycles. The Morgan fingerprint density at radius 3 is 2.55 bits per heavy atom. The first kappa shape index (κ1) is 16.1. The van der Waals surface area contributed by atoms with Gasteiger partial charge in [-0.3, -0.25) is 4.79 Å². The van der Waals surface area contributed by atoms with Gasteiger partial charge in [0, 0.05) is 0 Å². The summed E-state index contributed by atoms with van der Waals surface area (Å²) in [4.78, 5) is 11.5. The van der Waals surface area contributed by atoms with Crippen LogP contribution < -0.4 is 4.72 Å². The van der Waals surface area contributed by atoms with Gasteiger partial charge in [0.2, 0.25) is 10.0 Å². The molecule has 0 radical (unpaired) electrons. The highest BCUT2D eigenvalue weighted by molar-refractivity contribution is 7.89. The number of nitrogens with zero attached hydrogens (tertiary/aromatic N) is 1. The van der Waals surface area contributed by atoms with E-state index in [1.807, 2.05) is 6.07 Å². The van der Waals surface area contributed by atoms with Crippen LogP contribution in [0.4, 0.5) is 0 Å². The third-order valence-corrected chi connectivity index (χ3v) is 4.12. The lowest BCUT2D eigenvalue weighted by molar-refractivity contribution is -0.143. The first-order valence-electron chi connectivity index (χ1n) is 5.92. The van der Waals surface area contributed by atoms with Crippen LogP contribution in [0.25, 0.3) is 0 Å². The maximum atomic E-state index is 12.2. The van der Waals surface area contributed by atoms with Crippen LogP contribution in [0, 0.1) is 17.2 Å². The molecule has 1 atom stereocenters. The number of carbonyl (C=O) groups excluding carboxylic acids is 1. The number of carbonyl (C=O) groups is 1. The summed E-state index contributed by atoms with van der Waals surface area (Å²) in [5.41, 5.74) is 0.229. The molecule has 0 fully saturated rings. The lowest BCUT2D eigenvalue weighted by Crippen LogP contribution is -2.44. The lowest BCUT2D eigenvalue weighted by Gasteiger charge is -2.19. The van der Waals surface area contributed by atoms with E-state index in [2.05, 4.69) is 9.46 Å². The predicted molar refractivity (Wildman–Crippen MR) is 72.1 cm³/mol. The smallest absolute Gasteiger partial charge is 0.324 e. The van der Waals surface area contributed by atoms with E-state index >= 15 is 0 Å². The molecule has 20 heavy (non-hydrogen) atoms. The second-order valence-electron chi connectivity index (χ2n) is 4.51. The van der Waals surface area contributed by atoms with E-state index in [-0.39, 0.29) is 16.4 Å². The van der Waals surface area contributed by atoms with Crippen molar-refractivity contribution in [3.05, 3.63) is 29.8 Å². The molecule has 108 valence electrons. The standard InChI is InChI=1S/C13H16N2O4S/c1-9(2)12(13(16)19-3)15-20(17,18)11-6-4-5-10(7-11)8-14/h4-7,9,12,15H,1-3H3. The average Bonchev–Trinajstić information content (AvgIpc) is 2.43. The van der Waals surface area contributed by atoms with E-state index in [1.54, 1.807) is 13.8 Å². The molecule has 1 aromatic rings. The van der Waals surface area contributed by atoms with E-state index in [0.717, 1.165) is 0 Å². The van der Waals surface area contributed by atoms with Crippen molar-refractivity contribution >= 4 is 16.0 Å². The first-order chi connectivity index (χ1) is 9.31. The van der Waals surface area contributed by atoms with Crippen molar-refractivity contribution in [1.29, 1.82) is 5.26 Å². The monoisotopic (exact) mass is 296 g/mol. The molecule has 6 nitrogen and oxygen atoms in total. The summed E-state index contributed by atoms with van der Waals surface area (Å²) < 4.78 is 31.3. The summed E-state index contributed by atoms with van der Waals surface area (Å²) in [6.45, 7) is 3.41. The van der Waals surface area contributed by atoms with Gasteiger partial charge in [-0.2, -0.15) is 9.98 Å². The maximum Gasteiger partial charge on any atom is 0.324 e. The number of rotatable bonds is 5. The van der Waals surface area contributed by atoms with Gasteiger partial charge in [-0.1, -0.05) is 19.9 Å². The van der Waals surface area contributed by atoms with Crippen molar-refractivity contribution in [2.75, 3.05) is 7.11 Å². The molecule has 0 amide bonds. The molecule has 1 rings (SSSR count). The number of nitriles is 1. The third-order valence-electron chi connectivity index (χ3n) is 2.68. The third kappa shape index (κ3) is 3.79. The molecular weight excluding hydrogens is 280 g/mol.